The third-order valence-electron chi connectivity index (χ3n) is 5.33. The fraction of sp³-hybridized carbons (Fsp3) is 0.524. The van der Waals surface area contributed by atoms with Crippen LogP contribution in [0.3, 0.4) is 0 Å². The Bertz CT molecular complexity index is 684. The zero-order valence-electron chi connectivity index (χ0n) is 15.1. The van der Waals surface area contributed by atoms with Crippen molar-refractivity contribution >= 4 is 11.9 Å². The van der Waals surface area contributed by atoms with Crippen molar-refractivity contribution in [1.82, 2.24) is 5.32 Å². The van der Waals surface area contributed by atoms with E-state index in [0.717, 1.165) is 36.8 Å². The standard InChI is InChI=1S/C21H27NO3/c1-14-9-7-8-12-17(14)18-13-19(23)22-15(2)20(18)21(24)25-16-10-5-3-4-6-11-16/h7-9,12,16,18H,3-6,10-11,13H2,1-2H3,(H,22,23)/t18-/m0/s1. The molecule has 1 heterocycles. The van der Waals surface area contributed by atoms with Crippen LogP contribution in [0.4, 0.5) is 0 Å². The normalized spacial score (nSPS) is 22.3. The molecule has 134 valence electrons. The molecule has 25 heavy (non-hydrogen) atoms. The molecule has 0 bridgehead atoms. The lowest BCUT2D eigenvalue weighted by molar-refractivity contribution is -0.145. The Labute approximate surface area is 149 Å². The highest BCUT2D eigenvalue weighted by Crippen LogP contribution is 2.35. The van der Waals surface area contributed by atoms with Gasteiger partial charge in [-0.05, 0) is 50.7 Å². The SMILES string of the molecule is CC1=C(C(=O)OC2CCCCCC2)[C@H](c2ccccc2C)CC(=O)N1. The Balaban J connectivity index is 1.87. The molecule has 1 aromatic rings. The predicted octanol–water partition coefficient (Wildman–Crippen LogP) is 4.14. The average Bonchev–Trinajstić information content (AvgIpc) is 2.83. The highest BCUT2D eigenvalue weighted by molar-refractivity contribution is 5.96. The van der Waals surface area contributed by atoms with E-state index in [1.165, 1.54) is 12.8 Å². The Hall–Kier alpha value is -2.10. The summed E-state index contributed by atoms with van der Waals surface area (Å²) in [6.45, 7) is 3.82. The van der Waals surface area contributed by atoms with Gasteiger partial charge >= 0.3 is 5.97 Å². The average molecular weight is 341 g/mol. The number of carbonyl (C=O) groups excluding carboxylic acids is 2. The van der Waals surface area contributed by atoms with Gasteiger partial charge in [-0.25, -0.2) is 4.79 Å². The minimum absolute atomic E-state index is 0.00504. The molecule has 1 aliphatic carbocycles. The maximum atomic E-state index is 13.0. The Morgan fingerprint density at radius 3 is 2.44 bits per heavy atom. The van der Waals surface area contributed by atoms with Gasteiger partial charge in [-0.3, -0.25) is 4.79 Å². The number of benzene rings is 1. The molecule has 1 amide bonds. The molecule has 0 aromatic heterocycles. The molecule has 1 atom stereocenters. The van der Waals surface area contributed by atoms with Gasteiger partial charge in [-0.15, -0.1) is 0 Å². The van der Waals surface area contributed by atoms with E-state index in [1.54, 1.807) is 6.92 Å². The topological polar surface area (TPSA) is 55.4 Å². The van der Waals surface area contributed by atoms with E-state index in [0.29, 0.717) is 11.3 Å². The third-order valence-corrected chi connectivity index (χ3v) is 5.33. The summed E-state index contributed by atoms with van der Waals surface area (Å²) in [7, 11) is 0. The van der Waals surface area contributed by atoms with Crippen LogP contribution >= 0.6 is 0 Å². The molecule has 1 N–H and O–H groups in total. The zero-order chi connectivity index (χ0) is 17.8. The first-order valence-electron chi connectivity index (χ1n) is 9.33. The second kappa shape index (κ2) is 7.85. The number of allylic oxidation sites excluding steroid dienone is 1. The third kappa shape index (κ3) is 4.12. The number of hydrogen-bond acceptors (Lipinski definition) is 3. The van der Waals surface area contributed by atoms with Crippen LogP contribution in [-0.2, 0) is 14.3 Å². The van der Waals surface area contributed by atoms with Crippen LogP contribution in [0.5, 0.6) is 0 Å². The minimum atomic E-state index is -0.266. The molecule has 1 aliphatic heterocycles. The molecule has 1 saturated carbocycles. The second-order valence-corrected chi connectivity index (χ2v) is 7.22. The van der Waals surface area contributed by atoms with Gasteiger partial charge in [0.1, 0.15) is 6.10 Å². The molecule has 0 radical (unpaired) electrons. The fourth-order valence-corrected chi connectivity index (χ4v) is 3.99. The van der Waals surface area contributed by atoms with Crippen LogP contribution in [0.1, 0.15) is 68.9 Å². The summed E-state index contributed by atoms with van der Waals surface area (Å²) in [5.74, 6) is -0.539. The molecule has 0 unspecified atom stereocenters. The van der Waals surface area contributed by atoms with Crippen LogP contribution in [-0.4, -0.2) is 18.0 Å². The van der Waals surface area contributed by atoms with Gasteiger partial charge < -0.3 is 10.1 Å². The van der Waals surface area contributed by atoms with Crippen molar-refractivity contribution in [3.63, 3.8) is 0 Å². The lowest BCUT2D eigenvalue weighted by Gasteiger charge is -2.28. The van der Waals surface area contributed by atoms with Gasteiger partial charge in [0.25, 0.3) is 0 Å². The van der Waals surface area contributed by atoms with E-state index < -0.39 is 0 Å². The van der Waals surface area contributed by atoms with Gasteiger partial charge in [0.2, 0.25) is 5.91 Å². The molecule has 4 heteroatoms. The molecule has 0 saturated heterocycles. The molecule has 0 spiro atoms. The number of rotatable bonds is 3. The van der Waals surface area contributed by atoms with Gasteiger partial charge in [0, 0.05) is 18.0 Å². The van der Waals surface area contributed by atoms with Crippen LogP contribution in [0, 0.1) is 6.92 Å². The molecule has 1 aromatic carbocycles. The highest BCUT2D eigenvalue weighted by atomic mass is 16.5. The first-order valence-corrected chi connectivity index (χ1v) is 9.33. The summed E-state index contributed by atoms with van der Waals surface area (Å²) < 4.78 is 5.86. The van der Waals surface area contributed by atoms with Crippen molar-refractivity contribution in [3.8, 4) is 0 Å². The maximum absolute atomic E-state index is 13.0. The van der Waals surface area contributed by atoms with Gasteiger partial charge in [0.05, 0.1) is 5.57 Å². The summed E-state index contributed by atoms with van der Waals surface area (Å²) in [4.78, 5) is 25.0. The molecule has 3 rings (SSSR count). The number of esters is 1. The molecular formula is C21H27NO3. The number of hydrogen-bond donors (Lipinski definition) is 1. The molecular weight excluding hydrogens is 314 g/mol. The van der Waals surface area contributed by atoms with Crippen molar-refractivity contribution in [1.29, 1.82) is 0 Å². The number of nitrogens with one attached hydrogen (secondary N) is 1. The van der Waals surface area contributed by atoms with E-state index in [9.17, 15) is 9.59 Å². The highest BCUT2D eigenvalue weighted by Gasteiger charge is 2.34. The van der Waals surface area contributed by atoms with E-state index in [1.807, 2.05) is 31.2 Å². The predicted molar refractivity (Wildman–Crippen MR) is 97.0 cm³/mol. The van der Waals surface area contributed by atoms with E-state index in [2.05, 4.69) is 5.32 Å². The second-order valence-electron chi connectivity index (χ2n) is 7.22. The number of amides is 1. The van der Waals surface area contributed by atoms with Crippen molar-refractivity contribution in [2.75, 3.05) is 0 Å². The molecule has 2 aliphatic rings. The van der Waals surface area contributed by atoms with Crippen molar-refractivity contribution in [2.45, 2.75) is 70.8 Å². The Kier molecular flexibility index (Phi) is 5.57. The van der Waals surface area contributed by atoms with Crippen molar-refractivity contribution < 1.29 is 14.3 Å². The van der Waals surface area contributed by atoms with Gasteiger partial charge in [-0.2, -0.15) is 0 Å². The first kappa shape index (κ1) is 17.7. The van der Waals surface area contributed by atoms with E-state index in [4.69, 9.17) is 4.74 Å². The smallest absolute Gasteiger partial charge is 0.336 e. The summed E-state index contributed by atoms with van der Waals surface area (Å²) in [5.41, 5.74) is 3.36. The summed E-state index contributed by atoms with van der Waals surface area (Å²) >= 11 is 0. The fourth-order valence-electron chi connectivity index (χ4n) is 3.99. The van der Waals surface area contributed by atoms with Crippen LogP contribution in [0.25, 0.3) is 0 Å². The van der Waals surface area contributed by atoms with E-state index >= 15 is 0 Å². The molecule has 4 nitrogen and oxygen atoms in total. The number of carbonyl (C=O) groups is 2. The maximum Gasteiger partial charge on any atom is 0.336 e. The zero-order valence-corrected chi connectivity index (χ0v) is 15.1. The summed E-state index contributed by atoms with van der Waals surface area (Å²) in [6, 6.07) is 7.95. The van der Waals surface area contributed by atoms with Crippen LogP contribution in [0.15, 0.2) is 35.5 Å². The number of aryl methyl sites for hydroxylation is 1. The van der Waals surface area contributed by atoms with Crippen molar-refractivity contribution in [3.05, 3.63) is 46.7 Å². The quantitative estimate of drug-likeness (QED) is 0.664. The van der Waals surface area contributed by atoms with Gasteiger partial charge in [-0.1, -0.05) is 37.1 Å². The van der Waals surface area contributed by atoms with Crippen molar-refractivity contribution in [2.24, 2.45) is 0 Å². The van der Waals surface area contributed by atoms with Crippen LogP contribution in [0.2, 0.25) is 0 Å². The van der Waals surface area contributed by atoms with E-state index in [-0.39, 0.29) is 30.3 Å². The van der Waals surface area contributed by atoms with Gasteiger partial charge in [0.15, 0.2) is 0 Å². The lowest BCUT2D eigenvalue weighted by atomic mass is 9.82. The number of ether oxygens (including phenoxy) is 1. The largest absolute Gasteiger partial charge is 0.459 e. The van der Waals surface area contributed by atoms with Crippen LogP contribution < -0.4 is 5.32 Å². The monoisotopic (exact) mass is 341 g/mol. The first-order chi connectivity index (χ1) is 12.1. The Morgan fingerprint density at radius 2 is 1.76 bits per heavy atom. The molecule has 1 fully saturated rings. The summed E-state index contributed by atoms with van der Waals surface area (Å²) in [6.07, 6.45) is 6.86. The summed E-state index contributed by atoms with van der Waals surface area (Å²) in [5, 5.41) is 2.82. The lowest BCUT2D eigenvalue weighted by Crippen LogP contribution is -2.35. The Morgan fingerprint density at radius 1 is 1.08 bits per heavy atom. The minimum Gasteiger partial charge on any atom is -0.459 e.